The second kappa shape index (κ2) is 5.24. The summed E-state index contributed by atoms with van der Waals surface area (Å²) in [5.74, 6) is -1.67. The summed E-state index contributed by atoms with van der Waals surface area (Å²) < 4.78 is 26.1. The van der Waals surface area contributed by atoms with E-state index in [1.54, 1.807) is 0 Å². The Hall–Kier alpha value is -2.50. The first-order chi connectivity index (χ1) is 9.41. The van der Waals surface area contributed by atoms with Crippen LogP contribution in [0.2, 0.25) is 0 Å². The van der Waals surface area contributed by atoms with Gasteiger partial charge in [0, 0.05) is 17.4 Å². The van der Waals surface area contributed by atoms with Crippen LogP contribution in [0, 0.1) is 11.6 Å². The van der Waals surface area contributed by atoms with Gasteiger partial charge in [0.15, 0.2) is 0 Å². The van der Waals surface area contributed by atoms with E-state index < -0.39 is 23.1 Å². The molecule has 1 aromatic carbocycles. The Kier molecular flexibility index (Phi) is 3.65. The topological polar surface area (TPSA) is 68.0 Å². The maximum atomic E-state index is 13.3. The molecule has 0 bridgehead atoms. The highest BCUT2D eigenvalue weighted by molar-refractivity contribution is 5.88. The van der Waals surface area contributed by atoms with E-state index >= 15 is 0 Å². The van der Waals surface area contributed by atoms with Crippen molar-refractivity contribution < 1.29 is 13.6 Å². The molecule has 1 unspecified atom stereocenters. The number of hydrogen-bond donors (Lipinski definition) is 2. The van der Waals surface area contributed by atoms with Gasteiger partial charge >= 0.3 is 0 Å². The molecule has 1 aromatic heterocycles. The SMILES string of the molecule is CC(Nc1ccc(F)cc1)(C(N)=O)c1cncc(F)c1. The third-order valence-corrected chi connectivity index (χ3v) is 3.01. The van der Waals surface area contributed by atoms with Crippen LogP contribution in [0.5, 0.6) is 0 Å². The van der Waals surface area contributed by atoms with Gasteiger partial charge in [-0.25, -0.2) is 8.78 Å². The van der Waals surface area contributed by atoms with E-state index in [9.17, 15) is 13.6 Å². The summed E-state index contributed by atoms with van der Waals surface area (Å²) in [7, 11) is 0. The van der Waals surface area contributed by atoms with Crippen LogP contribution < -0.4 is 11.1 Å². The van der Waals surface area contributed by atoms with Crippen molar-refractivity contribution in [2.45, 2.75) is 12.5 Å². The van der Waals surface area contributed by atoms with Crippen LogP contribution in [0.1, 0.15) is 12.5 Å². The number of nitrogens with one attached hydrogen (secondary N) is 1. The number of benzene rings is 1. The number of nitrogens with zero attached hydrogens (tertiary/aromatic N) is 1. The Labute approximate surface area is 114 Å². The fraction of sp³-hybridized carbons (Fsp3) is 0.143. The van der Waals surface area contributed by atoms with Gasteiger partial charge in [-0.1, -0.05) is 0 Å². The van der Waals surface area contributed by atoms with Crippen LogP contribution in [-0.2, 0) is 10.3 Å². The Morgan fingerprint density at radius 2 is 1.85 bits per heavy atom. The molecule has 6 heteroatoms. The van der Waals surface area contributed by atoms with Crippen LogP contribution in [-0.4, -0.2) is 10.9 Å². The van der Waals surface area contributed by atoms with Crippen molar-refractivity contribution in [3.63, 3.8) is 0 Å². The van der Waals surface area contributed by atoms with Gasteiger partial charge in [0.05, 0.1) is 6.20 Å². The average Bonchev–Trinajstić information content (AvgIpc) is 2.41. The smallest absolute Gasteiger partial charge is 0.247 e. The second-order valence-corrected chi connectivity index (χ2v) is 4.51. The number of pyridine rings is 1. The van der Waals surface area contributed by atoms with E-state index in [1.807, 2.05) is 0 Å². The molecule has 3 N–H and O–H groups in total. The largest absolute Gasteiger partial charge is 0.368 e. The Bertz CT molecular complexity index is 631. The summed E-state index contributed by atoms with van der Waals surface area (Å²) in [6.07, 6.45) is 2.38. The normalized spacial score (nSPS) is 13.6. The van der Waals surface area contributed by atoms with Crippen molar-refractivity contribution in [1.82, 2.24) is 4.98 Å². The lowest BCUT2D eigenvalue weighted by atomic mass is 9.92. The highest BCUT2D eigenvalue weighted by Crippen LogP contribution is 2.26. The van der Waals surface area contributed by atoms with E-state index in [4.69, 9.17) is 5.73 Å². The number of carbonyl (C=O) groups is 1. The molecule has 104 valence electrons. The molecule has 0 aliphatic heterocycles. The molecule has 0 saturated heterocycles. The molecule has 2 rings (SSSR count). The number of aromatic nitrogens is 1. The number of amides is 1. The molecule has 20 heavy (non-hydrogen) atoms. The minimum Gasteiger partial charge on any atom is -0.368 e. The van der Waals surface area contributed by atoms with Crippen molar-refractivity contribution in [2.75, 3.05) is 5.32 Å². The van der Waals surface area contributed by atoms with Crippen molar-refractivity contribution in [2.24, 2.45) is 5.73 Å². The molecule has 0 aliphatic carbocycles. The number of rotatable bonds is 4. The van der Waals surface area contributed by atoms with Crippen molar-refractivity contribution in [1.29, 1.82) is 0 Å². The summed E-state index contributed by atoms with van der Waals surface area (Å²) in [5, 5.41) is 2.88. The van der Waals surface area contributed by atoms with Crippen LogP contribution >= 0.6 is 0 Å². The fourth-order valence-corrected chi connectivity index (χ4v) is 1.78. The monoisotopic (exact) mass is 277 g/mol. The first-order valence-corrected chi connectivity index (χ1v) is 5.86. The summed E-state index contributed by atoms with van der Waals surface area (Å²) in [5.41, 5.74) is 4.82. The van der Waals surface area contributed by atoms with Crippen LogP contribution in [0.4, 0.5) is 14.5 Å². The molecular formula is C14H13F2N3O. The second-order valence-electron chi connectivity index (χ2n) is 4.51. The van der Waals surface area contributed by atoms with Crippen molar-refractivity contribution in [3.8, 4) is 0 Å². The zero-order valence-electron chi connectivity index (χ0n) is 10.7. The highest BCUT2D eigenvalue weighted by atomic mass is 19.1. The summed E-state index contributed by atoms with van der Waals surface area (Å²) in [6, 6.07) is 6.59. The van der Waals surface area contributed by atoms with Crippen LogP contribution in [0.15, 0.2) is 42.7 Å². The highest BCUT2D eigenvalue weighted by Gasteiger charge is 2.33. The molecule has 2 aromatic rings. The minimum absolute atomic E-state index is 0.286. The molecule has 4 nitrogen and oxygen atoms in total. The zero-order valence-corrected chi connectivity index (χ0v) is 10.7. The van der Waals surface area contributed by atoms with E-state index in [2.05, 4.69) is 10.3 Å². The average molecular weight is 277 g/mol. The molecule has 0 saturated carbocycles. The van der Waals surface area contributed by atoms with Crippen molar-refractivity contribution in [3.05, 3.63) is 59.9 Å². The van der Waals surface area contributed by atoms with Gasteiger partial charge in [-0.2, -0.15) is 0 Å². The maximum absolute atomic E-state index is 13.3. The number of hydrogen-bond acceptors (Lipinski definition) is 3. The van der Waals surface area contributed by atoms with Crippen LogP contribution in [0.3, 0.4) is 0 Å². The predicted molar refractivity (Wildman–Crippen MR) is 70.8 cm³/mol. The summed E-state index contributed by atoms with van der Waals surface area (Å²) >= 11 is 0. The fourth-order valence-electron chi connectivity index (χ4n) is 1.78. The number of carbonyl (C=O) groups excluding carboxylic acids is 1. The van der Waals surface area contributed by atoms with Gasteiger partial charge in [-0.3, -0.25) is 9.78 Å². The number of primary amides is 1. The number of nitrogens with two attached hydrogens (primary N) is 1. The molecule has 0 aliphatic rings. The third-order valence-electron chi connectivity index (χ3n) is 3.01. The third kappa shape index (κ3) is 2.74. The van der Waals surface area contributed by atoms with Crippen LogP contribution in [0.25, 0.3) is 0 Å². The lowest BCUT2D eigenvalue weighted by Gasteiger charge is -2.28. The molecule has 1 amide bonds. The van der Waals surface area contributed by atoms with Gasteiger partial charge in [0.1, 0.15) is 17.2 Å². The number of halogens is 2. The Morgan fingerprint density at radius 1 is 1.20 bits per heavy atom. The maximum Gasteiger partial charge on any atom is 0.247 e. The molecule has 0 radical (unpaired) electrons. The van der Waals surface area contributed by atoms with Gasteiger partial charge in [0.25, 0.3) is 0 Å². The molecule has 1 heterocycles. The quantitative estimate of drug-likeness (QED) is 0.900. The minimum atomic E-state index is -1.35. The lowest BCUT2D eigenvalue weighted by molar-refractivity contribution is -0.122. The molecule has 0 fully saturated rings. The van der Waals surface area contributed by atoms with E-state index in [0.29, 0.717) is 5.69 Å². The van der Waals surface area contributed by atoms with E-state index in [0.717, 1.165) is 6.20 Å². The summed E-state index contributed by atoms with van der Waals surface area (Å²) in [4.78, 5) is 15.4. The van der Waals surface area contributed by atoms with Gasteiger partial charge < -0.3 is 11.1 Å². The van der Waals surface area contributed by atoms with E-state index in [1.165, 1.54) is 43.5 Å². The summed E-state index contributed by atoms with van der Waals surface area (Å²) in [6.45, 7) is 1.51. The van der Waals surface area contributed by atoms with E-state index in [-0.39, 0.29) is 5.56 Å². The van der Waals surface area contributed by atoms with Gasteiger partial charge in [-0.05, 0) is 37.3 Å². The lowest BCUT2D eigenvalue weighted by Crippen LogP contribution is -2.45. The molecular weight excluding hydrogens is 264 g/mol. The Balaban J connectivity index is 2.39. The first-order valence-electron chi connectivity index (χ1n) is 5.86. The van der Waals surface area contributed by atoms with Crippen molar-refractivity contribution >= 4 is 11.6 Å². The zero-order chi connectivity index (χ0) is 14.8. The molecule has 0 spiro atoms. The van der Waals surface area contributed by atoms with Gasteiger partial charge in [-0.15, -0.1) is 0 Å². The van der Waals surface area contributed by atoms with Gasteiger partial charge in [0.2, 0.25) is 5.91 Å². The Morgan fingerprint density at radius 3 is 2.40 bits per heavy atom. The first kappa shape index (κ1) is 13.9. The predicted octanol–water partition coefficient (Wildman–Crippen LogP) is 2.17. The standard InChI is InChI=1S/C14H13F2N3O/c1-14(13(17)20,9-6-11(16)8-18-7-9)19-12-4-2-10(15)3-5-12/h2-8,19H,1H3,(H2,17,20). The number of anilines is 1. The molecule has 1 atom stereocenters.